The molecule has 1 amide bonds. The molecule has 4 aromatic rings. The molecule has 0 saturated heterocycles. The topological polar surface area (TPSA) is 104 Å². The van der Waals surface area contributed by atoms with E-state index in [1.807, 2.05) is 23.6 Å². The van der Waals surface area contributed by atoms with Crippen molar-refractivity contribution in [2.45, 2.75) is 6.42 Å². The van der Waals surface area contributed by atoms with E-state index >= 15 is 0 Å². The van der Waals surface area contributed by atoms with Gasteiger partial charge in [0.25, 0.3) is 0 Å². The van der Waals surface area contributed by atoms with Crippen LogP contribution in [-0.4, -0.2) is 45.3 Å². The monoisotopic (exact) mass is 442 g/mol. The number of ether oxygens (including phenoxy) is 2. The lowest BCUT2D eigenvalue weighted by Gasteiger charge is -2.09. The number of benzene rings is 1. The number of aromatic nitrogens is 5. The van der Waals surface area contributed by atoms with Gasteiger partial charge in [-0.25, -0.2) is 4.98 Å². The van der Waals surface area contributed by atoms with Crippen LogP contribution in [0.4, 0.5) is 5.13 Å². The second-order valence-electron chi connectivity index (χ2n) is 6.19. The number of anilines is 1. The lowest BCUT2D eigenvalue weighted by Crippen LogP contribution is -2.14. The van der Waals surface area contributed by atoms with Crippen LogP contribution in [-0.2, 0) is 18.3 Å². The van der Waals surface area contributed by atoms with Gasteiger partial charge in [-0.3, -0.25) is 4.79 Å². The zero-order valence-corrected chi connectivity index (χ0v) is 18.1. The molecule has 9 nitrogen and oxygen atoms in total. The molecular weight excluding hydrogens is 424 g/mol. The Labute approximate surface area is 180 Å². The standard InChI is InChI=1S/C19H18N6O3S2/c1-25-23-18(22-24-25)17-16(14-5-4-8-29-14)21-19(30-17)20-15(26)10-11-6-7-12(27-2)13(9-11)28-3/h4-9H,10H2,1-3H3,(H,20,21,26). The first kappa shape index (κ1) is 20.0. The number of aryl methyl sites for hydroxylation is 1. The first-order valence-electron chi connectivity index (χ1n) is 8.87. The van der Waals surface area contributed by atoms with Crippen LogP contribution in [0.5, 0.6) is 11.5 Å². The van der Waals surface area contributed by atoms with Gasteiger partial charge in [-0.05, 0) is 34.4 Å². The van der Waals surface area contributed by atoms with Crippen LogP contribution in [0.1, 0.15) is 5.56 Å². The first-order chi connectivity index (χ1) is 14.6. The molecule has 0 aliphatic rings. The Balaban J connectivity index is 1.57. The van der Waals surface area contributed by atoms with Gasteiger partial charge in [-0.2, -0.15) is 4.80 Å². The highest BCUT2D eigenvalue weighted by Crippen LogP contribution is 2.39. The summed E-state index contributed by atoms with van der Waals surface area (Å²) in [6, 6.07) is 9.30. The average molecular weight is 443 g/mol. The van der Waals surface area contributed by atoms with Crippen molar-refractivity contribution < 1.29 is 14.3 Å². The molecule has 3 aromatic heterocycles. The van der Waals surface area contributed by atoms with Crippen molar-refractivity contribution in [3.05, 3.63) is 41.3 Å². The van der Waals surface area contributed by atoms with Crippen LogP contribution in [0.15, 0.2) is 35.7 Å². The highest BCUT2D eigenvalue weighted by molar-refractivity contribution is 7.20. The molecule has 1 aromatic carbocycles. The van der Waals surface area contributed by atoms with E-state index in [0.717, 1.165) is 21.0 Å². The molecule has 0 bridgehead atoms. The summed E-state index contributed by atoms with van der Waals surface area (Å²) in [5.74, 6) is 1.47. The lowest BCUT2D eigenvalue weighted by molar-refractivity contribution is -0.115. The van der Waals surface area contributed by atoms with E-state index in [1.54, 1.807) is 44.7 Å². The molecule has 0 spiro atoms. The van der Waals surface area contributed by atoms with E-state index in [4.69, 9.17) is 9.47 Å². The third-order valence-corrected chi connectivity index (χ3v) is 6.00. The minimum atomic E-state index is -0.188. The van der Waals surface area contributed by atoms with E-state index < -0.39 is 0 Å². The van der Waals surface area contributed by atoms with Gasteiger partial charge in [0.15, 0.2) is 16.6 Å². The zero-order chi connectivity index (χ0) is 21.1. The highest BCUT2D eigenvalue weighted by atomic mass is 32.1. The second kappa shape index (κ2) is 8.59. The third-order valence-electron chi connectivity index (χ3n) is 4.15. The summed E-state index contributed by atoms with van der Waals surface area (Å²) in [7, 11) is 4.83. The molecule has 4 rings (SSSR count). The number of rotatable bonds is 7. The number of thiazole rings is 1. The average Bonchev–Trinajstić information content (AvgIpc) is 3.48. The molecule has 0 fully saturated rings. The number of carbonyl (C=O) groups is 1. The molecule has 0 radical (unpaired) electrons. The predicted octanol–water partition coefficient (Wildman–Crippen LogP) is 3.26. The lowest BCUT2D eigenvalue weighted by atomic mass is 10.1. The van der Waals surface area contributed by atoms with E-state index in [9.17, 15) is 4.79 Å². The zero-order valence-electron chi connectivity index (χ0n) is 16.4. The van der Waals surface area contributed by atoms with E-state index in [-0.39, 0.29) is 12.3 Å². The number of carbonyl (C=O) groups excluding carboxylic acids is 1. The van der Waals surface area contributed by atoms with Gasteiger partial charge in [0.2, 0.25) is 11.7 Å². The maximum Gasteiger partial charge on any atom is 0.230 e. The molecule has 11 heteroatoms. The van der Waals surface area contributed by atoms with Crippen molar-refractivity contribution in [3.8, 4) is 32.8 Å². The molecule has 30 heavy (non-hydrogen) atoms. The molecule has 0 aliphatic carbocycles. The number of hydrogen-bond donors (Lipinski definition) is 1. The SMILES string of the molecule is COc1ccc(CC(=O)Nc2nc(-c3cccs3)c(-c3nnn(C)n3)s2)cc1OC. The summed E-state index contributed by atoms with van der Waals surface area (Å²) < 4.78 is 10.5. The summed E-state index contributed by atoms with van der Waals surface area (Å²) in [6.07, 6.45) is 0.174. The van der Waals surface area contributed by atoms with Crippen molar-refractivity contribution in [1.82, 2.24) is 25.2 Å². The van der Waals surface area contributed by atoms with Crippen LogP contribution < -0.4 is 14.8 Å². The fourth-order valence-corrected chi connectivity index (χ4v) is 4.53. The quantitative estimate of drug-likeness (QED) is 0.468. The molecule has 1 N–H and O–H groups in total. The molecule has 0 unspecified atom stereocenters. The Morgan fingerprint density at radius 2 is 2.03 bits per heavy atom. The van der Waals surface area contributed by atoms with Gasteiger partial charge in [0.05, 0.1) is 32.6 Å². The van der Waals surface area contributed by atoms with Gasteiger partial charge in [-0.1, -0.05) is 23.5 Å². The van der Waals surface area contributed by atoms with Crippen molar-refractivity contribution in [3.63, 3.8) is 0 Å². The molecular formula is C19H18N6O3S2. The summed E-state index contributed by atoms with van der Waals surface area (Å²) in [5.41, 5.74) is 1.53. The normalized spacial score (nSPS) is 10.8. The van der Waals surface area contributed by atoms with E-state index in [0.29, 0.717) is 22.5 Å². The van der Waals surface area contributed by atoms with Gasteiger partial charge in [0.1, 0.15) is 10.6 Å². The number of tetrazole rings is 1. The largest absolute Gasteiger partial charge is 0.493 e. The smallest absolute Gasteiger partial charge is 0.230 e. The molecule has 0 atom stereocenters. The molecule has 0 aliphatic heterocycles. The van der Waals surface area contributed by atoms with Crippen molar-refractivity contribution in [1.29, 1.82) is 0 Å². The Hall–Kier alpha value is -3.31. The number of thiophene rings is 1. The number of nitrogens with zero attached hydrogens (tertiary/aromatic N) is 5. The number of nitrogens with one attached hydrogen (secondary N) is 1. The Morgan fingerprint density at radius 3 is 2.70 bits per heavy atom. The number of amides is 1. The van der Waals surface area contributed by atoms with Crippen LogP contribution in [0.3, 0.4) is 0 Å². The summed E-state index contributed by atoms with van der Waals surface area (Å²) in [4.78, 5) is 20.4. The fourth-order valence-electron chi connectivity index (χ4n) is 2.82. The second-order valence-corrected chi connectivity index (χ2v) is 8.14. The minimum absolute atomic E-state index is 0.174. The van der Waals surface area contributed by atoms with Gasteiger partial charge >= 0.3 is 0 Å². The van der Waals surface area contributed by atoms with Crippen LogP contribution in [0, 0.1) is 0 Å². The van der Waals surface area contributed by atoms with Crippen molar-refractivity contribution in [2.24, 2.45) is 7.05 Å². The number of hydrogen-bond acceptors (Lipinski definition) is 9. The first-order valence-corrected chi connectivity index (χ1v) is 10.6. The molecule has 154 valence electrons. The van der Waals surface area contributed by atoms with Crippen LogP contribution in [0.25, 0.3) is 21.3 Å². The molecule has 0 saturated carbocycles. The Morgan fingerprint density at radius 1 is 1.20 bits per heavy atom. The van der Waals surface area contributed by atoms with Crippen molar-refractivity contribution in [2.75, 3.05) is 19.5 Å². The summed E-state index contributed by atoms with van der Waals surface area (Å²) in [6.45, 7) is 0. The predicted molar refractivity (Wildman–Crippen MR) is 115 cm³/mol. The fraction of sp³-hybridized carbons (Fsp3) is 0.211. The minimum Gasteiger partial charge on any atom is -0.493 e. The summed E-state index contributed by atoms with van der Waals surface area (Å²) >= 11 is 2.87. The maximum absolute atomic E-state index is 12.6. The van der Waals surface area contributed by atoms with Gasteiger partial charge < -0.3 is 14.8 Å². The third kappa shape index (κ3) is 4.16. The summed E-state index contributed by atoms with van der Waals surface area (Å²) in [5, 5.41) is 17.6. The van der Waals surface area contributed by atoms with E-state index in [1.165, 1.54) is 16.1 Å². The highest BCUT2D eigenvalue weighted by Gasteiger charge is 2.20. The Bertz CT molecular complexity index is 1170. The van der Waals surface area contributed by atoms with Gasteiger partial charge in [-0.15, -0.1) is 21.5 Å². The van der Waals surface area contributed by atoms with E-state index in [2.05, 4.69) is 25.7 Å². The maximum atomic E-state index is 12.6. The number of methoxy groups -OCH3 is 2. The Kier molecular flexibility index (Phi) is 5.72. The molecule has 3 heterocycles. The van der Waals surface area contributed by atoms with Crippen LogP contribution >= 0.6 is 22.7 Å². The van der Waals surface area contributed by atoms with Gasteiger partial charge in [0, 0.05) is 0 Å². The van der Waals surface area contributed by atoms with Crippen molar-refractivity contribution >= 4 is 33.7 Å². The van der Waals surface area contributed by atoms with Crippen LogP contribution in [0.2, 0.25) is 0 Å².